The lowest BCUT2D eigenvalue weighted by Gasteiger charge is -2.17. The second kappa shape index (κ2) is 6.35. The molecule has 1 atom stereocenters. The van der Waals surface area contributed by atoms with Crippen molar-refractivity contribution < 1.29 is 0 Å². The number of benzene rings is 1. The number of nitrogens with zero attached hydrogens (tertiary/aromatic N) is 1. The second-order valence-electron chi connectivity index (χ2n) is 5.09. The molecule has 1 aromatic rings. The third-order valence-corrected chi connectivity index (χ3v) is 4.07. The summed E-state index contributed by atoms with van der Waals surface area (Å²) in [5.74, 6) is 0. The van der Waals surface area contributed by atoms with Crippen LogP contribution in [-0.4, -0.2) is 13.5 Å². The highest BCUT2D eigenvalue weighted by Crippen LogP contribution is 2.32. The SMILES string of the molecule is C=C(C)C=Nc1c(C2=CC[B]CC2)ccc(C)c1P. The fourth-order valence-corrected chi connectivity index (χ4v) is 2.56. The topological polar surface area (TPSA) is 12.4 Å². The summed E-state index contributed by atoms with van der Waals surface area (Å²) in [6.07, 6.45) is 7.51. The minimum atomic E-state index is 0.975. The normalized spacial score (nSPS) is 15.2. The van der Waals surface area contributed by atoms with Gasteiger partial charge in [-0.3, -0.25) is 4.99 Å². The van der Waals surface area contributed by atoms with Crippen molar-refractivity contribution in [3.63, 3.8) is 0 Å². The van der Waals surface area contributed by atoms with Crippen LogP contribution in [0.1, 0.15) is 24.5 Å². The number of rotatable bonds is 3. The Hall–Kier alpha value is -1.14. The van der Waals surface area contributed by atoms with Gasteiger partial charge in [-0.05, 0) is 42.3 Å². The zero-order valence-corrected chi connectivity index (χ0v) is 12.9. The summed E-state index contributed by atoms with van der Waals surface area (Å²) in [4.78, 5) is 4.64. The molecule has 0 fully saturated rings. The van der Waals surface area contributed by atoms with E-state index < -0.39 is 0 Å². The molecule has 1 unspecified atom stereocenters. The van der Waals surface area contributed by atoms with Crippen molar-refractivity contribution in [2.75, 3.05) is 0 Å². The molecule has 1 radical (unpaired) electrons. The Bertz CT molecular complexity index is 558. The largest absolute Gasteiger partial charge is 0.255 e. The van der Waals surface area contributed by atoms with E-state index in [-0.39, 0.29) is 0 Å². The van der Waals surface area contributed by atoms with Gasteiger partial charge in [-0.1, -0.05) is 37.4 Å². The van der Waals surface area contributed by atoms with Gasteiger partial charge in [0, 0.05) is 11.8 Å². The first-order valence-corrected chi connectivity index (χ1v) is 7.27. The van der Waals surface area contributed by atoms with E-state index in [1.807, 2.05) is 13.1 Å². The molecule has 0 N–H and O–H groups in total. The van der Waals surface area contributed by atoms with E-state index >= 15 is 0 Å². The van der Waals surface area contributed by atoms with Crippen LogP contribution in [0, 0.1) is 6.92 Å². The van der Waals surface area contributed by atoms with E-state index in [4.69, 9.17) is 0 Å². The summed E-state index contributed by atoms with van der Waals surface area (Å²) < 4.78 is 0. The Balaban J connectivity index is 2.50. The van der Waals surface area contributed by atoms with Crippen molar-refractivity contribution in [3.05, 3.63) is 41.5 Å². The average Bonchev–Trinajstić information content (AvgIpc) is 2.41. The van der Waals surface area contributed by atoms with Crippen LogP contribution in [0.3, 0.4) is 0 Å². The van der Waals surface area contributed by atoms with Crippen LogP contribution in [0.5, 0.6) is 0 Å². The zero-order valence-electron chi connectivity index (χ0n) is 11.7. The van der Waals surface area contributed by atoms with Crippen LogP contribution < -0.4 is 5.30 Å². The fraction of sp³-hybridized carbons (Fsp3) is 0.312. The zero-order chi connectivity index (χ0) is 13.8. The van der Waals surface area contributed by atoms with Crippen LogP contribution in [-0.2, 0) is 0 Å². The minimum absolute atomic E-state index is 0.975. The molecule has 3 heteroatoms. The number of hydrogen-bond donors (Lipinski definition) is 0. The molecule has 0 bridgehead atoms. The van der Waals surface area contributed by atoms with Gasteiger partial charge in [-0.15, -0.1) is 9.24 Å². The lowest BCUT2D eigenvalue weighted by molar-refractivity contribution is 1.18. The van der Waals surface area contributed by atoms with E-state index in [0.29, 0.717) is 0 Å². The molecule has 1 aromatic carbocycles. The molecule has 1 aliphatic rings. The molecule has 0 aliphatic carbocycles. The molecule has 97 valence electrons. The summed E-state index contributed by atoms with van der Waals surface area (Å²) in [6, 6.07) is 4.38. The van der Waals surface area contributed by atoms with Crippen molar-refractivity contribution in [2.24, 2.45) is 4.99 Å². The van der Waals surface area contributed by atoms with Gasteiger partial charge in [-0.2, -0.15) is 0 Å². The molecule has 0 saturated carbocycles. The maximum Gasteiger partial charge on any atom is 0.114 e. The van der Waals surface area contributed by atoms with Crippen molar-refractivity contribution in [3.8, 4) is 0 Å². The predicted molar refractivity (Wildman–Crippen MR) is 91.5 cm³/mol. The van der Waals surface area contributed by atoms with Crippen LogP contribution in [0.4, 0.5) is 5.69 Å². The summed E-state index contributed by atoms with van der Waals surface area (Å²) in [7, 11) is 5.16. The van der Waals surface area contributed by atoms with Gasteiger partial charge in [0.1, 0.15) is 7.28 Å². The smallest absolute Gasteiger partial charge is 0.114 e. The molecule has 0 spiro atoms. The summed E-state index contributed by atoms with van der Waals surface area (Å²) >= 11 is 0. The lowest BCUT2D eigenvalue weighted by Crippen LogP contribution is -2.04. The quantitative estimate of drug-likeness (QED) is 0.444. The molecule has 19 heavy (non-hydrogen) atoms. The first-order chi connectivity index (χ1) is 9.09. The number of aliphatic imine (C=N–C) groups is 1. The third kappa shape index (κ3) is 3.45. The van der Waals surface area contributed by atoms with Gasteiger partial charge >= 0.3 is 0 Å². The number of allylic oxidation sites excluding steroid dienone is 3. The Labute approximate surface area is 119 Å². The highest BCUT2D eigenvalue weighted by atomic mass is 31.0. The van der Waals surface area contributed by atoms with Gasteiger partial charge in [-0.25, -0.2) is 0 Å². The van der Waals surface area contributed by atoms with Crippen LogP contribution in [0.2, 0.25) is 12.6 Å². The molecule has 0 amide bonds. The fourth-order valence-electron chi connectivity index (χ4n) is 2.23. The molecule has 2 rings (SSSR count). The average molecular weight is 268 g/mol. The number of aryl methyl sites for hydroxylation is 1. The minimum Gasteiger partial charge on any atom is -0.255 e. The van der Waals surface area contributed by atoms with Crippen molar-refractivity contribution in [1.82, 2.24) is 0 Å². The highest BCUT2D eigenvalue weighted by molar-refractivity contribution is 7.28. The van der Waals surface area contributed by atoms with E-state index in [1.165, 1.54) is 22.0 Å². The van der Waals surface area contributed by atoms with Crippen molar-refractivity contribution in [1.29, 1.82) is 0 Å². The van der Waals surface area contributed by atoms with Crippen LogP contribution >= 0.6 is 9.24 Å². The molecule has 0 aromatic heterocycles. The second-order valence-corrected chi connectivity index (χ2v) is 5.67. The van der Waals surface area contributed by atoms with E-state index in [9.17, 15) is 0 Å². The predicted octanol–water partition coefficient (Wildman–Crippen LogP) is 4.10. The van der Waals surface area contributed by atoms with Crippen LogP contribution in [0.25, 0.3) is 5.57 Å². The number of hydrogen-bond acceptors (Lipinski definition) is 1. The Kier molecular flexibility index (Phi) is 4.77. The van der Waals surface area contributed by atoms with Gasteiger partial charge < -0.3 is 0 Å². The van der Waals surface area contributed by atoms with Crippen molar-refractivity contribution >= 4 is 39.3 Å². The third-order valence-electron chi connectivity index (χ3n) is 3.34. The molecule has 0 saturated heterocycles. The molecular weight excluding hydrogens is 248 g/mol. The Morgan fingerprint density at radius 2 is 2.26 bits per heavy atom. The lowest BCUT2D eigenvalue weighted by atomic mass is 9.64. The summed E-state index contributed by atoms with van der Waals surface area (Å²) in [5.41, 5.74) is 5.98. The maximum absolute atomic E-state index is 4.64. The first-order valence-electron chi connectivity index (χ1n) is 6.69. The van der Waals surface area contributed by atoms with Crippen LogP contribution in [0.15, 0.2) is 35.4 Å². The molecule has 1 aliphatic heterocycles. The van der Waals surface area contributed by atoms with E-state index in [0.717, 1.165) is 30.3 Å². The van der Waals surface area contributed by atoms with Crippen molar-refractivity contribution in [2.45, 2.75) is 32.9 Å². The standard InChI is InChI=1S/C16H20BNP/c1-11(2)10-18-15-14(5-4-12(3)16(15)19)13-6-8-17-9-7-13/h4-6,10H,1,7-9,19H2,2-3H3. The van der Waals surface area contributed by atoms with Gasteiger partial charge in [0.05, 0.1) is 5.69 Å². The van der Waals surface area contributed by atoms with E-state index in [1.54, 1.807) is 0 Å². The summed E-state index contributed by atoms with van der Waals surface area (Å²) in [6.45, 7) is 7.98. The first kappa shape index (κ1) is 14.3. The molecule has 1 heterocycles. The van der Waals surface area contributed by atoms with Gasteiger partial charge in [0.25, 0.3) is 0 Å². The highest BCUT2D eigenvalue weighted by Gasteiger charge is 2.13. The molecule has 1 nitrogen and oxygen atoms in total. The maximum atomic E-state index is 4.64. The monoisotopic (exact) mass is 268 g/mol. The van der Waals surface area contributed by atoms with Gasteiger partial charge in [0.2, 0.25) is 0 Å². The van der Waals surface area contributed by atoms with E-state index in [2.05, 4.69) is 53.2 Å². The Morgan fingerprint density at radius 3 is 2.89 bits per heavy atom. The van der Waals surface area contributed by atoms with Gasteiger partial charge in [0.15, 0.2) is 0 Å². The summed E-state index contributed by atoms with van der Waals surface area (Å²) in [5, 5.41) is 1.19. The molecular formula is C16H20BNP. The Morgan fingerprint density at radius 1 is 1.47 bits per heavy atom.